The van der Waals surface area contributed by atoms with Crippen LogP contribution in [0.1, 0.15) is 33.0 Å². The second-order valence-corrected chi connectivity index (χ2v) is 10.1. The van der Waals surface area contributed by atoms with Crippen LogP contribution in [0.25, 0.3) is 16.1 Å². The lowest BCUT2D eigenvalue weighted by molar-refractivity contribution is 0.0772. The predicted molar refractivity (Wildman–Crippen MR) is 137 cm³/mol. The van der Waals surface area contributed by atoms with Crippen LogP contribution < -0.4 is 5.32 Å². The van der Waals surface area contributed by atoms with Crippen LogP contribution in [0.4, 0.5) is 10.9 Å². The van der Waals surface area contributed by atoms with Gasteiger partial charge in [-0.15, -0.1) is 22.7 Å². The molecule has 1 amide bonds. The molecule has 1 aliphatic rings. The lowest BCUT2D eigenvalue weighted by Gasteiger charge is -2.26. The van der Waals surface area contributed by atoms with Gasteiger partial charge in [0, 0.05) is 24.7 Å². The Morgan fingerprint density at radius 1 is 1.12 bits per heavy atom. The molecule has 9 heteroatoms. The number of pyridine rings is 1. The zero-order valence-corrected chi connectivity index (χ0v) is 20.4. The van der Waals surface area contributed by atoms with E-state index in [4.69, 9.17) is 0 Å². The fraction of sp³-hybridized carbons (Fsp3) is 0.200. The average molecular weight is 490 g/mol. The number of thiazole rings is 2. The van der Waals surface area contributed by atoms with E-state index >= 15 is 0 Å². The highest BCUT2D eigenvalue weighted by Gasteiger charge is 2.20. The number of benzene rings is 1. The monoisotopic (exact) mass is 489 g/mol. The Morgan fingerprint density at radius 3 is 2.59 bits per heavy atom. The number of aromatic nitrogens is 3. The Kier molecular flexibility index (Phi) is 6.12. The maximum absolute atomic E-state index is 12.9. The summed E-state index contributed by atoms with van der Waals surface area (Å²) < 4.78 is 0. The molecule has 4 aromatic rings. The largest absolute Gasteiger partial charge is 0.508 e. The number of rotatable bonds is 5. The molecule has 4 heterocycles. The minimum atomic E-state index is -0.0346. The van der Waals surface area contributed by atoms with E-state index < -0.39 is 0 Å². The van der Waals surface area contributed by atoms with E-state index in [0.717, 1.165) is 38.4 Å². The van der Waals surface area contributed by atoms with Crippen LogP contribution in [0.5, 0.6) is 5.75 Å². The first-order valence-electron chi connectivity index (χ1n) is 10.9. The van der Waals surface area contributed by atoms with Crippen LogP contribution in [-0.2, 0) is 0 Å². The molecule has 172 valence electrons. The first-order valence-corrected chi connectivity index (χ1v) is 12.6. The maximum atomic E-state index is 12.9. The van der Waals surface area contributed by atoms with Crippen LogP contribution in [0.2, 0.25) is 0 Å². The van der Waals surface area contributed by atoms with Crippen LogP contribution >= 0.6 is 22.7 Å². The second-order valence-electron chi connectivity index (χ2n) is 8.02. The van der Waals surface area contributed by atoms with Crippen molar-refractivity contribution in [3.05, 3.63) is 75.9 Å². The summed E-state index contributed by atoms with van der Waals surface area (Å²) in [5, 5.41) is 16.5. The molecule has 1 aliphatic heterocycles. The third kappa shape index (κ3) is 4.71. The SMILES string of the molecule is Cc1nc(C)c(-c2csc(Nc3ccc(C(=O)N4CC=C(c5ccc(O)cc5)CC4)cn3)n2)s1. The number of nitrogens with one attached hydrogen (secondary N) is 1. The Labute approximate surface area is 205 Å². The van der Waals surface area contributed by atoms with Gasteiger partial charge in [-0.05, 0) is 55.7 Å². The molecule has 0 saturated carbocycles. The summed E-state index contributed by atoms with van der Waals surface area (Å²) in [5.74, 6) is 0.859. The molecule has 0 atom stereocenters. The molecular weight excluding hydrogens is 466 g/mol. The molecule has 0 saturated heterocycles. The Morgan fingerprint density at radius 2 is 1.94 bits per heavy atom. The molecule has 0 aliphatic carbocycles. The highest BCUT2D eigenvalue weighted by Crippen LogP contribution is 2.33. The number of carbonyl (C=O) groups excluding carboxylic acids is 1. The summed E-state index contributed by atoms with van der Waals surface area (Å²) in [6.07, 6.45) is 4.45. The van der Waals surface area contributed by atoms with Crippen molar-refractivity contribution in [3.63, 3.8) is 0 Å². The Bertz CT molecular complexity index is 1360. The second kappa shape index (κ2) is 9.36. The molecule has 1 aromatic carbocycles. The number of aromatic hydroxyl groups is 1. The first-order chi connectivity index (χ1) is 16.5. The lowest BCUT2D eigenvalue weighted by Crippen LogP contribution is -2.34. The zero-order valence-electron chi connectivity index (χ0n) is 18.8. The van der Waals surface area contributed by atoms with Crippen molar-refractivity contribution < 1.29 is 9.90 Å². The van der Waals surface area contributed by atoms with Gasteiger partial charge >= 0.3 is 0 Å². The highest BCUT2D eigenvalue weighted by molar-refractivity contribution is 7.16. The molecule has 0 spiro atoms. The predicted octanol–water partition coefficient (Wildman–Crippen LogP) is 5.66. The van der Waals surface area contributed by atoms with Crippen molar-refractivity contribution in [1.29, 1.82) is 0 Å². The number of nitrogens with zero attached hydrogens (tertiary/aromatic N) is 4. The average Bonchev–Trinajstić information content (AvgIpc) is 3.45. The van der Waals surface area contributed by atoms with Gasteiger partial charge in [0.1, 0.15) is 11.6 Å². The summed E-state index contributed by atoms with van der Waals surface area (Å²) in [6, 6.07) is 10.8. The maximum Gasteiger partial charge on any atom is 0.255 e. The van der Waals surface area contributed by atoms with Crippen LogP contribution in [0.3, 0.4) is 0 Å². The molecule has 34 heavy (non-hydrogen) atoms. The van der Waals surface area contributed by atoms with Gasteiger partial charge in [0.2, 0.25) is 0 Å². The molecule has 5 rings (SSSR count). The molecule has 0 radical (unpaired) electrons. The third-order valence-corrected chi connectivity index (χ3v) is 7.47. The number of phenolic OH excluding ortho intramolecular Hbond substituents is 1. The smallest absolute Gasteiger partial charge is 0.255 e. The van der Waals surface area contributed by atoms with Gasteiger partial charge in [-0.2, -0.15) is 0 Å². The molecular formula is C25H23N5O2S2. The van der Waals surface area contributed by atoms with Crippen molar-refractivity contribution in [1.82, 2.24) is 19.9 Å². The summed E-state index contributed by atoms with van der Waals surface area (Å²) in [4.78, 5) is 29.4. The van der Waals surface area contributed by atoms with E-state index in [1.54, 1.807) is 41.8 Å². The zero-order chi connectivity index (χ0) is 23.7. The van der Waals surface area contributed by atoms with Gasteiger partial charge in [0.05, 0.1) is 26.8 Å². The summed E-state index contributed by atoms with van der Waals surface area (Å²) >= 11 is 3.15. The quantitative estimate of drug-likeness (QED) is 0.376. The Hall–Kier alpha value is -3.56. The molecule has 0 unspecified atom stereocenters. The van der Waals surface area contributed by atoms with Crippen LogP contribution in [-0.4, -0.2) is 44.0 Å². The Balaban J connectivity index is 1.22. The van der Waals surface area contributed by atoms with Gasteiger partial charge in [-0.1, -0.05) is 18.2 Å². The van der Waals surface area contributed by atoms with E-state index in [2.05, 4.69) is 26.3 Å². The van der Waals surface area contributed by atoms with Gasteiger partial charge < -0.3 is 15.3 Å². The van der Waals surface area contributed by atoms with Gasteiger partial charge in [-0.25, -0.2) is 15.0 Å². The fourth-order valence-electron chi connectivity index (χ4n) is 3.88. The first kappa shape index (κ1) is 22.2. The van der Waals surface area contributed by atoms with E-state index in [1.165, 1.54) is 16.9 Å². The van der Waals surface area contributed by atoms with E-state index in [-0.39, 0.29) is 11.7 Å². The number of phenols is 1. The minimum Gasteiger partial charge on any atom is -0.508 e. The standard InChI is InChI=1S/C25H23N5O2S2/c1-15-23(34-16(2)27-15)21-14-33-25(28-21)29-22-8-5-19(13-26-22)24(32)30-11-9-18(10-12-30)17-3-6-20(31)7-4-17/h3-9,13-14,31H,10-12H2,1-2H3,(H,26,28,29). The summed E-state index contributed by atoms with van der Waals surface area (Å²) in [7, 11) is 0. The van der Waals surface area contributed by atoms with E-state index in [0.29, 0.717) is 24.5 Å². The van der Waals surface area contributed by atoms with E-state index in [9.17, 15) is 9.90 Å². The topological polar surface area (TPSA) is 91.2 Å². The molecule has 2 N–H and O–H groups in total. The normalized spacial score (nSPS) is 13.6. The molecule has 0 bridgehead atoms. The minimum absolute atomic E-state index is 0.0346. The van der Waals surface area contributed by atoms with Crippen molar-refractivity contribution in [2.24, 2.45) is 0 Å². The van der Waals surface area contributed by atoms with Crippen LogP contribution in [0, 0.1) is 13.8 Å². The summed E-state index contributed by atoms with van der Waals surface area (Å²) in [5.41, 5.74) is 4.72. The number of amides is 1. The molecule has 7 nitrogen and oxygen atoms in total. The number of carbonyl (C=O) groups is 1. The fourth-order valence-corrected chi connectivity index (χ4v) is 5.55. The number of aryl methyl sites for hydroxylation is 2. The van der Waals surface area contributed by atoms with Crippen molar-refractivity contribution in [2.45, 2.75) is 20.3 Å². The summed E-state index contributed by atoms with van der Waals surface area (Å²) in [6.45, 7) is 5.18. The van der Waals surface area contributed by atoms with Crippen molar-refractivity contribution >= 4 is 45.1 Å². The molecule has 0 fully saturated rings. The lowest BCUT2D eigenvalue weighted by atomic mass is 9.99. The van der Waals surface area contributed by atoms with Gasteiger partial charge in [-0.3, -0.25) is 4.79 Å². The van der Waals surface area contributed by atoms with Crippen LogP contribution in [0.15, 0.2) is 54.1 Å². The van der Waals surface area contributed by atoms with E-state index in [1.807, 2.05) is 36.3 Å². The van der Waals surface area contributed by atoms with Gasteiger partial charge in [0.25, 0.3) is 5.91 Å². The number of hydrogen-bond donors (Lipinski definition) is 2. The number of hydrogen-bond acceptors (Lipinski definition) is 8. The number of anilines is 2. The van der Waals surface area contributed by atoms with Gasteiger partial charge in [0.15, 0.2) is 5.13 Å². The third-order valence-electron chi connectivity index (χ3n) is 5.62. The molecule has 3 aromatic heterocycles. The van der Waals surface area contributed by atoms with Crippen molar-refractivity contribution in [3.8, 4) is 16.3 Å². The van der Waals surface area contributed by atoms with Crippen molar-refractivity contribution in [2.75, 3.05) is 18.4 Å². The highest BCUT2D eigenvalue weighted by atomic mass is 32.1.